The van der Waals surface area contributed by atoms with Gasteiger partial charge in [-0.1, -0.05) is 0 Å². The molecule has 0 saturated carbocycles. The number of hydrogen-bond acceptors (Lipinski definition) is 9. The third-order valence-corrected chi connectivity index (χ3v) is 9.39. The largest absolute Gasteiger partial charge is 0.452 e. The van der Waals surface area contributed by atoms with Crippen LogP contribution in [0.25, 0.3) is 0 Å². The minimum atomic E-state index is -3.82. The second-order valence-corrected chi connectivity index (χ2v) is 11.7. The van der Waals surface area contributed by atoms with Gasteiger partial charge >= 0.3 is 6.09 Å². The van der Waals surface area contributed by atoms with E-state index in [1.807, 2.05) is 0 Å². The number of sulfonamides is 1. The molecule has 214 valence electrons. The molecule has 3 aliphatic heterocycles. The molecule has 40 heavy (non-hydrogen) atoms. The van der Waals surface area contributed by atoms with E-state index in [0.29, 0.717) is 57.1 Å². The Kier molecular flexibility index (Phi) is 7.92. The van der Waals surface area contributed by atoms with Crippen molar-refractivity contribution in [1.29, 1.82) is 0 Å². The molecule has 2 fully saturated rings. The lowest BCUT2D eigenvalue weighted by Crippen LogP contribution is -2.48. The predicted molar refractivity (Wildman–Crippen MR) is 145 cm³/mol. The van der Waals surface area contributed by atoms with Crippen LogP contribution in [0.4, 0.5) is 21.9 Å². The number of anilines is 2. The number of amides is 2. The van der Waals surface area contributed by atoms with Gasteiger partial charge in [-0.3, -0.25) is 19.8 Å². The number of carbonyl (C=O) groups is 2. The van der Waals surface area contributed by atoms with Crippen LogP contribution in [0.5, 0.6) is 0 Å². The summed E-state index contributed by atoms with van der Waals surface area (Å²) in [7, 11) is -2.51. The molecule has 0 bridgehead atoms. The molecular weight excluding hydrogens is 542 g/mol. The zero-order valence-corrected chi connectivity index (χ0v) is 23.0. The first-order chi connectivity index (χ1) is 19.2. The average Bonchev–Trinajstić information content (AvgIpc) is 2.99. The van der Waals surface area contributed by atoms with Crippen molar-refractivity contribution >= 4 is 39.1 Å². The normalized spacial score (nSPS) is 18.3. The van der Waals surface area contributed by atoms with Gasteiger partial charge in [0.2, 0.25) is 10.0 Å². The van der Waals surface area contributed by atoms with E-state index in [-0.39, 0.29) is 48.2 Å². The Morgan fingerprint density at radius 1 is 0.950 bits per heavy atom. The number of nitro groups is 1. The molecule has 0 aliphatic carbocycles. The number of methoxy groups -OCH3 is 1. The van der Waals surface area contributed by atoms with Crippen molar-refractivity contribution in [3.8, 4) is 0 Å². The number of fused-ring (bicyclic) bond motifs is 1. The van der Waals surface area contributed by atoms with E-state index in [2.05, 4.69) is 0 Å². The molecule has 2 aromatic carbocycles. The smallest absolute Gasteiger partial charge is 0.414 e. The van der Waals surface area contributed by atoms with E-state index < -0.39 is 21.0 Å². The number of aryl methyl sites for hydroxylation is 1. The van der Waals surface area contributed by atoms with Crippen LogP contribution < -0.4 is 9.80 Å². The standard InChI is InChI=1S/C26H31N5O8S/c1-38-26(33)30-8-2-3-19-17-21(5-7-22(19)30)40(36,37)29-11-9-27(10-12-29)23-6-4-20(18-24(23)31(34)35)25(32)28-13-15-39-16-14-28/h4-7,17-18H,2-3,8-16H2,1H3. The first-order valence-electron chi connectivity index (χ1n) is 13.1. The number of rotatable bonds is 5. The summed E-state index contributed by atoms with van der Waals surface area (Å²) in [6.07, 6.45) is 0.855. The Labute approximate surface area is 232 Å². The summed E-state index contributed by atoms with van der Waals surface area (Å²) in [5.41, 5.74) is 1.79. The predicted octanol–water partition coefficient (Wildman–Crippen LogP) is 2.10. The maximum atomic E-state index is 13.5. The van der Waals surface area contributed by atoms with E-state index >= 15 is 0 Å². The first-order valence-corrected chi connectivity index (χ1v) is 14.5. The molecule has 0 N–H and O–H groups in total. The van der Waals surface area contributed by atoms with Crippen molar-refractivity contribution in [2.45, 2.75) is 17.7 Å². The monoisotopic (exact) mass is 573 g/mol. The SMILES string of the molecule is COC(=O)N1CCCc2cc(S(=O)(=O)N3CCN(c4ccc(C(=O)N5CCOCC5)cc4[N+](=O)[O-])CC3)ccc21. The molecule has 2 aromatic rings. The highest BCUT2D eigenvalue weighted by Gasteiger charge is 2.33. The van der Waals surface area contributed by atoms with Crippen LogP contribution in [0.15, 0.2) is 41.3 Å². The molecule has 13 nitrogen and oxygen atoms in total. The highest BCUT2D eigenvalue weighted by molar-refractivity contribution is 7.89. The van der Waals surface area contributed by atoms with Crippen LogP contribution in [0.3, 0.4) is 0 Å². The lowest BCUT2D eigenvalue weighted by atomic mass is 10.0. The highest BCUT2D eigenvalue weighted by Crippen LogP contribution is 2.33. The number of carbonyl (C=O) groups excluding carboxylic acids is 2. The quantitative estimate of drug-likeness (QED) is 0.388. The van der Waals surface area contributed by atoms with E-state index in [4.69, 9.17) is 9.47 Å². The first kappa shape index (κ1) is 27.8. The van der Waals surface area contributed by atoms with Crippen molar-refractivity contribution in [2.24, 2.45) is 0 Å². The molecule has 2 saturated heterocycles. The fourth-order valence-electron chi connectivity index (χ4n) is 5.37. The minimum absolute atomic E-state index is 0.138. The van der Waals surface area contributed by atoms with Gasteiger partial charge in [0, 0.05) is 57.4 Å². The molecule has 0 radical (unpaired) electrons. The summed E-state index contributed by atoms with van der Waals surface area (Å²) in [6, 6.07) is 9.18. The number of nitrogens with zero attached hydrogens (tertiary/aromatic N) is 5. The Balaban J connectivity index is 1.30. The Morgan fingerprint density at radius 2 is 1.65 bits per heavy atom. The van der Waals surface area contributed by atoms with Crippen molar-refractivity contribution in [3.63, 3.8) is 0 Å². The summed E-state index contributed by atoms with van der Waals surface area (Å²) in [4.78, 5) is 41.4. The van der Waals surface area contributed by atoms with E-state index in [9.17, 15) is 28.1 Å². The molecule has 5 rings (SSSR count). The third-order valence-electron chi connectivity index (χ3n) is 7.50. The van der Waals surface area contributed by atoms with Crippen LogP contribution in [0, 0.1) is 10.1 Å². The lowest BCUT2D eigenvalue weighted by Gasteiger charge is -2.35. The minimum Gasteiger partial charge on any atom is -0.452 e. The van der Waals surface area contributed by atoms with Gasteiger partial charge in [0.25, 0.3) is 11.6 Å². The number of ether oxygens (including phenoxy) is 2. The summed E-state index contributed by atoms with van der Waals surface area (Å²) in [5, 5.41) is 11.9. The van der Waals surface area contributed by atoms with Crippen LogP contribution in [0.2, 0.25) is 0 Å². The van der Waals surface area contributed by atoms with Crippen molar-refractivity contribution < 1.29 is 32.4 Å². The summed E-state index contributed by atoms with van der Waals surface area (Å²) < 4.78 is 38.4. The average molecular weight is 574 g/mol. The number of benzene rings is 2. The Hall–Kier alpha value is -3.75. The molecule has 3 heterocycles. The van der Waals surface area contributed by atoms with E-state index in [1.165, 1.54) is 28.4 Å². The van der Waals surface area contributed by atoms with Gasteiger partial charge < -0.3 is 19.3 Å². The van der Waals surface area contributed by atoms with Crippen LogP contribution >= 0.6 is 0 Å². The van der Waals surface area contributed by atoms with Gasteiger partial charge in [-0.05, 0) is 48.7 Å². The Morgan fingerprint density at radius 3 is 2.33 bits per heavy atom. The number of nitro benzene ring substituents is 1. The van der Waals surface area contributed by atoms with Gasteiger partial charge in [-0.15, -0.1) is 0 Å². The van der Waals surface area contributed by atoms with E-state index in [1.54, 1.807) is 34.1 Å². The molecule has 0 atom stereocenters. The second kappa shape index (κ2) is 11.4. The maximum Gasteiger partial charge on any atom is 0.414 e. The number of morpholine rings is 1. The van der Waals surface area contributed by atoms with Crippen molar-refractivity contribution in [1.82, 2.24) is 9.21 Å². The molecule has 0 aromatic heterocycles. The fraction of sp³-hybridized carbons (Fsp3) is 0.462. The van der Waals surface area contributed by atoms with Gasteiger partial charge in [0.1, 0.15) is 5.69 Å². The van der Waals surface area contributed by atoms with Gasteiger partial charge in [-0.2, -0.15) is 4.31 Å². The number of piperazine rings is 1. The molecule has 14 heteroatoms. The molecule has 0 spiro atoms. The van der Waals surface area contributed by atoms with Gasteiger partial charge in [0.05, 0.1) is 35.8 Å². The summed E-state index contributed by atoms with van der Waals surface area (Å²) >= 11 is 0. The van der Waals surface area contributed by atoms with Crippen LogP contribution in [-0.4, -0.2) is 101 Å². The number of hydrogen-bond donors (Lipinski definition) is 0. The summed E-state index contributed by atoms with van der Waals surface area (Å²) in [5.74, 6) is -0.284. The van der Waals surface area contributed by atoms with Crippen LogP contribution in [-0.2, 0) is 25.9 Å². The summed E-state index contributed by atoms with van der Waals surface area (Å²) in [6.45, 7) is 2.99. The molecule has 0 unspecified atom stereocenters. The van der Waals surface area contributed by atoms with Crippen LogP contribution in [0.1, 0.15) is 22.3 Å². The van der Waals surface area contributed by atoms with Crippen molar-refractivity contribution in [3.05, 3.63) is 57.6 Å². The van der Waals surface area contributed by atoms with Crippen molar-refractivity contribution in [2.75, 3.05) is 75.9 Å². The fourth-order valence-corrected chi connectivity index (χ4v) is 6.84. The molecular formula is C26H31N5O8S. The lowest BCUT2D eigenvalue weighted by molar-refractivity contribution is -0.384. The van der Waals surface area contributed by atoms with Gasteiger partial charge in [0.15, 0.2) is 0 Å². The molecule has 3 aliphatic rings. The van der Waals surface area contributed by atoms with Gasteiger partial charge in [-0.25, -0.2) is 13.2 Å². The zero-order chi connectivity index (χ0) is 28.4. The highest BCUT2D eigenvalue weighted by atomic mass is 32.2. The van der Waals surface area contributed by atoms with E-state index in [0.717, 1.165) is 5.56 Å². The zero-order valence-electron chi connectivity index (χ0n) is 22.2. The third kappa shape index (κ3) is 5.33. The maximum absolute atomic E-state index is 13.5. The Bertz CT molecular complexity index is 1420. The molecule has 2 amide bonds. The second-order valence-electron chi connectivity index (χ2n) is 9.77. The topological polar surface area (TPSA) is 143 Å².